The topological polar surface area (TPSA) is 110 Å². The van der Waals surface area contributed by atoms with E-state index < -0.39 is 10.5 Å². The van der Waals surface area contributed by atoms with Crippen molar-refractivity contribution in [3.05, 3.63) is 91.8 Å². The molecule has 1 heterocycles. The Hall–Kier alpha value is -3.23. The predicted molar refractivity (Wildman–Crippen MR) is 106 cm³/mol. The molecule has 0 aliphatic rings. The number of aliphatic hydroxyl groups is 1. The summed E-state index contributed by atoms with van der Waals surface area (Å²) in [7, 11) is 0. The Labute approximate surface area is 165 Å². The molecule has 0 aliphatic heterocycles. The van der Waals surface area contributed by atoms with Gasteiger partial charge in [-0.15, -0.1) is 0 Å². The number of nitrogens with zero attached hydrogens (tertiary/aromatic N) is 3. The Morgan fingerprint density at radius 2 is 1.86 bits per heavy atom. The molecule has 0 radical (unpaired) electrons. The molecular weight excluding hydrogens is 384 g/mol. The second-order valence-corrected chi connectivity index (χ2v) is 6.36. The van der Waals surface area contributed by atoms with E-state index in [0.29, 0.717) is 17.8 Å². The van der Waals surface area contributed by atoms with Gasteiger partial charge >= 0.3 is 0 Å². The van der Waals surface area contributed by atoms with E-state index in [4.69, 9.17) is 11.6 Å². The molecule has 3 aromatic rings. The van der Waals surface area contributed by atoms with Gasteiger partial charge in [-0.25, -0.2) is 0 Å². The van der Waals surface area contributed by atoms with E-state index in [1.165, 1.54) is 30.5 Å². The van der Waals surface area contributed by atoms with Gasteiger partial charge in [-0.05, 0) is 24.1 Å². The largest absolute Gasteiger partial charge is 0.396 e. The number of aromatic nitrogens is 2. The van der Waals surface area contributed by atoms with Gasteiger partial charge in [-0.1, -0.05) is 41.9 Å². The number of aliphatic hydroxyl groups excluding tert-OH is 1. The van der Waals surface area contributed by atoms with Gasteiger partial charge in [0, 0.05) is 18.7 Å². The maximum atomic E-state index is 12.6. The van der Waals surface area contributed by atoms with E-state index in [0.717, 1.165) is 10.2 Å². The van der Waals surface area contributed by atoms with Gasteiger partial charge in [-0.3, -0.25) is 14.9 Å². The summed E-state index contributed by atoms with van der Waals surface area (Å²) in [6.07, 6.45) is 1.84. The van der Waals surface area contributed by atoms with Gasteiger partial charge in [0.1, 0.15) is 5.02 Å². The highest BCUT2D eigenvalue weighted by Crippen LogP contribution is 2.25. The van der Waals surface area contributed by atoms with Crippen molar-refractivity contribution in [1.29, 1.82) is 0 Å². The van der Waals surface area contributed by atoms with Crippen LogP contribution in [0.4, 0.5) is 11.4 Å². The van der Waals surface area contributed by atoms with E-state index in [-0.39, 0.29) is 23.4 Å². The minimum atomic E-state index is -0.559. The average Bonchev–Trinajstić information content (AvgIpc) is 2.72. The first-order valence-corrected chi connectivity index (χ1v) is 8.84. The van der Waals surface area contributed by atoms with E-state index >= 15 is 0 Å². The van der Waals surface area contributed by atoms with Crippen LogP contribution in [0.2, 0.25) is 5.02 Å². The van der Waals surface area contributed by atoms with Gasteiger partial charge in [0.05, 0.1) is 28.5 Å². The molecule has 8 nitrogen and oxygen atoms in total. The van der Waals surface area contributed by atoms with Gasteiger partial charge in [-0.2, -0.15) is 9.78 Å². The van der Waals surface area contributed by atoms with Crippen LogP contribution in [0.15, 0.2) is 65.6 Å². The van der Waals surface area contributed by atoms with Crippen LogP contribution in [0.1, 0.15) is 18.0 Å². The van der Waals surface area contributed by atoms with Gasteiger partial charge in [0.15, 0.2) is 0 Å². The van der Waals surface area contributed by atoms with E-state index in [9.17, 15) is 20.0 Å². The van der Waals surface area contributed by atoms with Gasteiger partial charge in [0.2, 0.25) is 0 Å². The highest BCUT2D eigenvalue weighted by molar-refractivity contribution is 6.33. The molecule has 3 rings (SSSR count). The third-order valence-electron chi connectivity index (χ3n) is 4.17. The normalized spacial score (nSPS) is 11.8. The second kappa shape index (κ2) is 8.64. The molecule has 0 amide bonds. The molecule has 2 N–H and O–H groups in total. The zero-order valence-electron chi connectivity index (χ0n) is 14.7. The molecule has 0 saturated heterocycles. The number of benzene rings is 2. The standard InChI is InChI=1S/C19H17ClN4O4/c20-18-17(22-16(10-11-25)13-4-2-1-3-5-13)12-21-23(19(18)26)14-6-8-15(9-7-14)24(27)28/h1-9,12,16,22,25H,10-11H2/t16-/m0/s1. The smallest absolute Gasteiger partial charge is 0.292 e. The Balaban J connectivity index is 1.91. The highest BCUT2D eigenvalue weighted by Gasteiger charge is 2.16. The number of non-ortho nitro benzene ring substituents is 1. The number of rotatable bonds is 7. The minimum absolute atomic E-state index is 0.0442. The van der Waals surface area contributed by atoms with E-state index in [1.54, 1.807) is 0 Å². The molecule has 144 valence electrons. The number of hydrogen-bond donors (Lipinski definition) is 2. The van der Waals surface area contributed by atoms with Crippen LogP contribution in [0.25, 0.3) is 5.69 Å². The Morgan fingerprint density at radius 3 is 2.46 bits per heavy atom. The van der Waals surface area contributed by atoms with Crippen LogP contribution in [0.5, 0.6) is 0 Å². The lowest BCUT2D eigenvalue weighted by Crippen LogP contribution is -2.23. The number of nitro groups is 1. The molecule has 1 aromatic heterocycles. The lowest BCUT2D eigenvalue weighted by atomic mass is 10.0. The number of halogens is 1. The van der Waals surface area contributed by atoms with Gasteiger partial charge < -0.3 is 10.4 Å². The Kier molecular flexibility index (Phi) is 6.03. The summed E-state index contributed by atoms with van der Waals surface area (Å²) in [4.78, 5) is 22.9. The first-order chi connectivity index (χ1) is 13.5. The van der Waals surface area contributed by atoms with Crippen LogP contribution >= 0.6 is 11.6 Å². The molecule has 0 bridgehead atoms. The molecule has 0 aliphatic carbocycles. The lowest BCUT2D eigenvalue weighted by molar-refractivity contribution is -0.384. The SMILES string of the molecule is O=c1c(Cl)c(N[C@@H](CCO)c2ccccc2)cnn1-c1ccc([N+](=O)[O-])cc1. The molecule has 2 aromatic carbocycles. The predicted octanol–water partition coefficient (Wildman–Crippen LogP) is 3.33. The monoisotopic (exact) mass is 400 g/mol. The quantitative estimate of drug-likeness (QED) is 0.465. The molecule has 0 spiro atoms. The Bertz CT molecular complexity index is 1020. The average molecular weight is 401 g/mol. The van der Waals surface area contributed by atoms with Gasteiger partial charge in [0.25, 0.3) is 11.2 Å². The fraction of sp³-hybridized carbons (Fsp3) is 0.158. The van der Waals surface area contributed by atoms with Crippen molar-refractivity contribution in [3.63, 3.8) is 0 Å². The fourth-order valence-corrected chi connectivity index (χ4v) is 2.94. The number of nitrogens with one attached hydrogen (secondary N) is 1. The van der Waals surface area contributed by atoms with Crippen molar-refractivity contribution < 1.29 is 10.0 Å². The molecule has 0 saturated carbocycles. The molecule has 0 fully saturated rings. The molecule has 9 heteroatoms. The summed E-state index contributed by atoms with van der Waals surface area (Å²) < 4.78 is 1.07. The van der Waals surface area contributed by atoms with Crippen LogP contribution < -0.4 is 10.9 Å². The summed E-state index contributed by atoms with van der Waals surface area (Å²) >= 11 is 6.26. The minimum Gasteiger partial charge on any atom is -0.396 e. The van der Waals surface area contributed by atoms with Crippen molar-refractivity contribution in [2.75, 3.05) is 11.9 Å². The number of anilines is 1. The molecule has 28 heavy (non-hydrogen) atoms. The molecule has 0 unspecified atom stereocenters. The zero-order valence-corrected chi connectivity index (χ0v) is 15.4. The third-order valence-corrected chi connectivity index (χ3v) is 4.54. The maximum absolute atomic E-state index is 12.6. The van der Waals surface area contributed by atoms with Crippen molar-refractivity contribution in [2.24, 2.45) is 0 Å². The molecular formula is C19H17ClN4O4. The molecule has 1 atom stereocenters. The Morgan fingerprint density at radius 1 is 1.18 bits per heavy atom. The fourth-order valence-electron chi connectivity index (χ4n) is 2.76. The van der Waals surface area contributed by atoms with Crippen LogP contribution in [0, 0.1) is 10.1 Å². The first-order valence-electron chi connectivity index (χ1n) is 8.46. The second-order valence-electron chi connectivity index (χ2n) is 5.98. The lowest BCUT2D eigenvalue weighted by Gasteiger charge is -2.20. The van der Waals surface area contributed by atoms with Crippen molar-refractivity contribution >= 4 is 23.0 Å². The summed E-state index contributed by atoms with van der Waals surface area (Å²) in [6.45, 7) is -0.0442. The van der Waals surface area contributed by atoms with E-state index in [1.807, 2.05) is 30.3 Å². The maximum Gasteiger partial charge on any atom is 0.292 e. The number of nitro benzene ring substituents is 1. The van der Waals surface area contributed by atoms with Crippen molar-refractivity contribution in [1.82, 2.24) is 9.78 Å². The van der Waals surface area contributed by atoms with E-state index in [2.05, 4.69) is 10.4 Å². The summed E-state index contributed by atoms with van der Waals surface area (Å²) in [5, 5.41) is 27.3. The number of hydrogen-bond acceptors (Lipinski definition) is 6. The highest BCUT2D eigenvalue weighted by atomic mass is 35.5. The summed E-state index contributed by atoms with van der Waals surface area (Å²) in [5.74, 6) is 0. The van der Waals surface area contributed by atoms with Crippen LogP contribution in [-0.2, 0) is 0 Å². The van der Waals surface area contributed by atoms with Crippen LogP contribution in [0.3, 0.4) is 0 Å². The zero-order chi connectivity index (χ0) is 20.1. The van der Waals surface area contributed by atoms with Crippen LogP contribution in [-0.4, -0.2) is 26.4 Å². The van der Waals surface area contributed by atoms with Crippen molar-refractivity contribution in [2.45, 2.75) is 12.5 Å². The third kappa shape index (κ3) is 4.19. The first kappa shape index (κ1) is 19.5. The van der Waals surface area contributed by atoms with Crippen molar-refractivity contribution in [3.8, 4) is 5.69 Å². The summed E-state index contributed by atoms with van der Waals surface area (Å²) in [6, 6.07) is 14.6. The summed E-state index contributed by atoms with van der Waals surface area (Å²) in [5.41, 5.74) is 0.991.